The van der Waals surface area contributed by atoms with Gasteiger partial charge in [-0.25, -0.2) is 0 Å². The molecule has 0 bridgehead atoms. The van der Waals surface area contributed by atoms with Crippen LogP contribution in [-0.2, 0) is 6.54 Å². The Morgan fingerprint density at radius 1 is 1.25 bits per heavy atom. The highest BCUT2D eigenvalue weighted by Gasteiger charge is 2.18. The Morgan fingerprint density at radius 2 is 2.10 bits per heavy atom. The predicted molar refractivity (Wildman–Crippen MR) is 80.9 cm³/mol. The van der Waals surface area contributed by atoms with E-state index in [1.807, 2.05) is 30.6 Å². The maximum absolute atomic E-state index is 5.99. The molecule has 5 heteroatoms. The lowest BCUT2D eigenvalue weighted by Gasteiger charge is -2.24. The highest BCUT2D eigenvalue weighted by molar-refractivity contribution is 6.30. The van der Waals surface area contributed by atoms with Crippen molar-refractivity contribution in [3.05, 3.63) is 41.4 Å². The Morgan fingerprint density at radius 3 is 2.90 bits per heavy atom. The van der Waals surface area contributed by atoms with Gasteiger partial charge in [0.25, 0.3) is 0 Å². The standard InChI is InChI=1S/C15H19ClN4/c16-12-5-4-6-13(9-12)17-10-15-19-18-11-20(15)14-7-2-1-3-8-14/h4-6,9,11,14,17H,1-3,7-8,10H2. The summed E-state index contributed by atoms with van der Waals surface area (Å²) in [5, 5.41) is 12.4. The van der Waals surface area contributed by atoms with E-state index in [1.165, 1.54) is 32.1 Å². The summed E-state index contributed by atoms with van der Waals surface area (Å²) in [6.07, 6.45) is 8.32. The molecule has 1 fully saturated rings. The molecule has 20 heavy (non-hydrogen) atoms. The van der Waals surface area contributed by atoms with E-state index in [4.69, 9.17) is 11.6 Å². The van der Waals surface area contributed by atoms with Crippen LogP contribution in [0.15, 0.2) is 30.6 Å². The van der Waals surface area contributed by atoms with Crippen LogP contribution >= 0.6 is 11.6 Å². The van der Waals surface area contributed by atoms with E-state index < -0.39 is 0 Å². The number of benzene rings is 1. The van der Waals surface area contributed by atoms with Crippen LogP contribution in [0.4, 0.5) is 5.69 Å². The molecule has 0 unspecified atom stereocenters. The van der Waals surface area contributed by atoms with E-state index >= 15 is 0 Å². The van der Waals surface area contributed by atoms with Crippen molar-refractivity contribution in [3.8, 4) is 0 Å². The molecule has 4 nitrogen and oxygen atoms in total. The number of nitrogens with zero attached hydrogens (tertiary/aromatic N) is 3. The molecular weight excluding hydrogens is 272 g/mol. The molecule has 0 amide bonds. The molecule has 1 aromatic heterocycles. The molecule has 0 spiro atoms. The first-order chi connectivity index (χ1) is 9.83. The van der Waals surface area contributed by atoms with Crippen molar-refractivity contribution in [1.29, 1.82) is 0 Å². The topological polar surface area (TPSA) is 42.7 Å². The molecule has 1 aliphatic rings. The smallest absolute Gasteiger partial charge is 0.152 e. The molecule has 0 atom stereocenters. The van der Waals surface area contributed by atoms with Gasteiger partial charge >= 0.3 is 0 Å². The summed E-state index contributed by atoms with van der Waals surface area (Å²) in [4.78, 5) is 0. The number of anilines is 1. The van der Waals surface area contributed by atoms with Crippen molar-refractivity contribution in [3.63, 3.8) is 0 Å². The Bertz CT molecular complexity index is 561. The third-order valence-corrected chi connectivity index (χ3v) is 4.13. The van der Waals surface area contributed by atoms with Gasteiger partial charge in [-0.05, 0) is 31.0 Å². The Kier molecular flexibility index (Phi) is 4.21. The van der Waals surface area contributed by atoms with E-state index in [2.05, 4.69) is 20.1 Å². The van der Waals surface area contributed by atoms with Crippen molar-refractivity contribution in [2.24, 2.45) is 0 Å². The second kappa shape index (κ2) is 6.27. The van der Waals surface area contributed by atoms with Gasteiger partial charge in [0, 0.05) is 16.8 Å². The Hall–Kier alpha value is -1.55. The van der Waals surface area contributed by atoms with E-state index in [0.29, 0.717) is 12.6 Å². The van der Waals surface area contributed by atoms with E-state index in [-0.39, 0.29) is 0 Å². The lowest BCUT2D eigenvalue weighted by atomic mass is 9.95. The molecular formula is C15H19ClN4. The van der Waals surface area contributed by atoms with Gasteiger partial charge in [0.05, 0.1) is 6.54 Å². The third-order valence-electron chi connectivity index (χ3n) is 3.89. The number of rotatable bonds is 4. The zero-order chi connectivity index (χ0) is 13.8. The molecule has 1 heterocycles. The van der Waals surface area contributed by atoms with Crippen LogP contribution in [0.3, 0.4) is 0 Å². The lowest BCUT2D eigenvalue weighted by molar-refractivity contribution is 0.346. The molecule has 2 aromatic rings. The number of nitrogens with one attached hydrogen (secondary N) is 1. The van der Waals surface area contributed by atoms with Gasteiger partial charge in [-0.3, -0.25) is 0 Å². The SMILES string of the molecule is Clc1cccc(NCc2nncn2C2CCCCC2)c1. The van der Waals surface area contributed by atoms with Crippen molar-refractivity contribution in [1.82, 2.24) is 14.8 Å². The summed E-state index contributed by atoms with van der Waals surface area (Å²) in [6.45, 7) is 0.677. The zero-order valence-electron chi connectivity index (χ0n) is 11.4. The fourth-order valence-electron chi connectivity index (χ4n) is 2.84. The molecule has 0 radical (unpaired) electrons. The number of hydrogen-bond donors (Lipinski definition) is 1. The minimum Gasteiger partial charge on any atom is -0.378 e. The average Bonchev–Trinajstić information content (AvgIpc) is 2.95. The second-order valence-electron chi connectivity index (χ2n) is 5.31. The first kappa shape index (κ1) is 13.4. The average molecular weight is 291 g/mol. The number of aromatic nitrogens is 3. The second-order valence-corrected chi connectivity index (χ2v) is 5.75. The van der Waals surface area contributed by atoms with Crippen LogP contribution in [0.25, 0.3) is 0 Å². The van der Waals surface area contributed by atoms with Crippen LogP contribution in [0.2, 0.25) is 5.02 Å². The third kappa shape index (κ3) is 3.12. The zero-order valence-corrected chi connectivity index (χ0v) is 12.2. The Labute approximate surface area is 124 Å². The molecule has 1 N–H and O–H groups in total. The molecule has 1 saturated carbocycles. The maximum Gasteiger partial charge on any atom is 0.152 e. The molecule has 0 saturated heterocycles. The van der Waals surface area contributed by atoms with E-state index in [0.717, 1.165) is 16.5 Å². The number of halogens is 1. The molecule has 3 rings (SSSR count). The molecule has 0 aliphatic heterocycles. The first-order valence-electron chi connectivity index (χ1n) is 7.21. The van der Waals surface area contributed by atoms with Crippen LogP contribution in [0.5, 0.6) is 0 Å². The first-order valence-corrected chi connectivity index (χ1v) is 7.58. The quantitative estimate of drug-likeness (QED) is 0.924. The van der Waals surface area contributed by atoms with Crippen LogP contribution in [-0.4, -0.2) is 14.8 Å². The predicted octanol–water partition coefficient (Wildman–Crippen LogP) is 4.05. The summed E-state index contributed by atoms with van der Waals surface area (Å²) in [7, 11) is 0. The largest absolute Gasteiger partial charge is 0.378 e. The van der Waals surface area contributed by atoms with Crippen LogP contribution in [0.1, 0.15) is 44.0 Å². The van der Waals surface area contributed by atoms with Crippen molar-refractivity contribution in [2.45, 2.75) is 44.7 Å². The highest BCUT2D eigenvalue weighted by atomic mass is 35.5. The fraction of sp³-hybridized carbons (Fsp3) is 0.467. The molecule has 1 aliphatic carbocycles. The minimum absolute atomic E-state index is 0.565. The monoisotopic (exact) mass is 290 g/mol. The van der Waals surface area contributed by atoms with Gasteiger partial charge in [-0.2, -0.15) is 0 Å². The Balaban J connectivity index is 1.67. The lowest BCUT2D eigenvalue weighted by Crippen LogP contribution is -2.16. The summed E-state index contributed by atoms with van der Waals surface area (Å²) in [5.74, 6) is 0.997. The summed E-state index contributed by atoms with van der Waals surface area (Å²) >= 11 is 5.99. The van der Waals surface area contributed by atoms with Gasteiger partial charge < -0.3 is 9.88 Å². The van der Waals surface area contributed by atoms with Gasteiger partial charge in [0.1, 0.15) is 6.33 Å². The molecule has 106 valence electrons. The summed E-state index contributed by atoms with van der Waals surface area (Å²) in [6, 6.07) is 8.30. The van der Waals surface area contributed by atoms with Gasteiger partial charge in [-0.1, -0.05) is 36.9 Å². The van der Waals surface area contributed by atoms with Crippen LogP contribution in [0, 0.1) is 0 Å². The normalized spacial score (nSPS) is 16.2. The highest BCUT2D eigenvalue weighted by Crippen LogP contribution is 2.28. The number of hydrogen-bond acceptors (Lipinski definition) is 3. The van der Waals surface area contributed by atoms with E-state index in [9.17, 15) is 0 Å². The maximum atomic E-state index is 5.99. The summed E-state index contributed by atoms with van der Waals surface area (Å²) < 4.78 is 2.23. The van der Waals surface area contributed by atoms with Crippen LogP contribution < -0.4 is 5.32 Å². The summed E-state index contributed by atoms with van der Waals surface area (Å²) in [5.41, 5.74) is 1.01. The van der Waals surface area contributed by atoms with Gasteiger partial charge in [-0.15, -0.1) is 10.2 Å². The van der Waals surface area contributed by atoms with Crippen molar-refractivity contribution in [2.75, 3.05) is 5.32 Å². The van der Waals surface area contributed by atoms with Gasteiger partial charge in [0.2, 0.25) is 0 Å². The fourth-order valence-corrected chi connectivity index (χ4v) is 3.03. The minimum atomic E-state index is 0.565. The molecule has 1 aromatic carbocycles. The van der Waals surface area contributed by atoms with E-state index in [1.54, 1.807) is 0 Å². The van der Waals surface area contributed by atoms with Crippen molar-refractivity contribution < 1.29 is 0 Å². The van der Waals surface area contributed by atoms with Gasteiger partial charge in [0.15, 0.2) is 5.82 Å². The van der Waals surface area contributed by atoms with Crippen molar-refractivity contribution >= 4 is 17.3 Å².